The SMILES string of the molecule is Oc1ccc2ccnc(NC3CCC3)c2c1. The van der Waals surface area contributed by atoms with Crippen LogP contribution >= 0.6 is 0 Å². The Bertz CT molecular complexity index is 520. The standard InChI is InChI=1S/C13H14N2O/c16-11-5-4-9-6-7-14-13(12(9)8-11)15-10-2-1-3-10/h4-8,10,16H,1-3H2,(H,14,15). The van der Waals surface area contributed by atoms with Crippen LogP contribution in [0, 0.1) is 0 Å². The number of aromatic nitrogens is 1. The second-order valence-electron chi connectivity index (χ2n) is 4.34. The van der Waals surface area contributed by atoms with Crippen molar-refractivity contribution in [3.05, 3.63) is 30.5 Å². The summed E-state index contributed by atoms with van der Waals surface area (Å²) in [5, 5.41) is 15.0. The molecule has 0 aliphatic heterocycles. The van der Waals surface area contributed by atoms with Crippen LogP contribution in [0.4, 0.5) is 5.82 Å². The van der Waals surface area contributed by atoms with Crippen molar-refractivity contribution in [3.8, 4) is 5.75 Å². The summed E-state index contributed by atoms with van der Waals surface area (Å²) in [5.41, 5.74) is 0. The predicted molar refractivity (Wildman–Crippen MR) is 64.7 cm³/mol. The summed E-state index contributed by atoms with van der Waals surface area (Å²) in [6.45, 7) is 0. The minimum atomic E-state index is 0.289. The van der Waals surface area contributed by atoms with Crippen LogP contribution in [0.5, 0.6) is 5.75 Å². The number of rotatable bonds is 2. The van der Waals surface area contributed by atoms with E-state index in [4.69, 9.17) is 0 Å². The molecule has 2 aromatic rings. The molecule has 3 nitrogen and oxygen atoms in total. The monoisotopic (exact) mass is 214 g/mol. The molecule has 0 saturated heterocycles. The first kappa shape index (κ1) is 9.46. The topological polar surface area (TPSA) is 45.2 Å². The summed E-state index contributed by atoms with van der Waals surface area (Å²) in [5.74, 6) is 1.18. The second-order valence-corrected chi connectivity index (χ2v) is 4.34. The van der Waals surface area contributed by atoms with Crippen LogP contribution in [-0.4, -0.2) is 16.1 Å². The van der Waals surface area contributed by atoms with Gasteiger partial charge in [-0.2, -0.15) is 0 Å². The molecule has 1 saturated carbocycles. The summed E-state index contributed by atoms with van der Waals surface area (Å²) in [6, 6.07) is 7.90. The van der Waals surface area contributed by atoms with E-state index in [9.17, 15) is 5.11 Å². The molecule has 1 fully saturated rings. The molecule has 16 heavy (non-hydrogen) atoms. The van der Waals surface area contributed by atoms with E-state index in [1.165, 1.54) is 19.3 Å². The van der Waals surface area contributed by atoms with E-state index in [1.54, 1.807) is 18.3 Å². The van der Waals surface area contributed by atoms with Gasteiger partial charge in [-0.3, -0.25) is 0 Å². The third kappa shape index (κ3) is 1.58. The first-order valence-corrected chi connectivity index (χ1v) is 5.67. The molecule has 0 atom stereocenters. The van der Waals surface area contributed by atoms with Gasteiger partial charge in [-0.05, 0) is 42.8 Å². The highest BCUT2D eigenvalue weighted by molar-refractivity contribution is 5.92. The van der Waals surface area contributed by atoms with Crippen molar-refractivity contribution in [3.63, 3.8) is 0 Å². The first-order valence-electron chi connectivity index (χ1n) is 5.67. The fourth-order valence-corrected chi connectivity index (χ4v) is 2.02. The fourth-order valence-electron chi connectivity index (χ4n) is 2.02. The van der Waals surface area contributed by atoms with Crippen LogP contribution in [-0.2, 0) is 0 Å². The third-order valence-electron chi connectivity index (χ3n) is 3.20. The molecule has 3 rings (SSSR count). The Balaban J connectivity index is 2.04. The summed E-state index contributed by atoms with van der Waals surface area (Å²) in [7, 11) is 0. The maximum atomic E-state index is 9.50. The molecular formula is C13H14N2O. The first-order chi connectivity index (χ1) is 7.83. The Kier molecular flexibility index (Phi) is 2.17. The molecule has 0 unspecified atom stereocenters. The number of nitrogens with zero attached hydrogens (tertiary/aromatic N) is 1. The van der Waals surface area contributed by atoms with E-state index >= 15 is 0 Å². The molecule has 1 aromatic carbocycles. The Morgan fingerprint density at radius 3 is 2.88 bits per heavy atom. The lowest BCUT2D eigenvalue weighted by molar-refractivity contribution is 0.445. The average Bonchev–Trinajstić information content (AvgIpc) is 2.23. The molecule has 1 aliphatic rings. The van der Waals surface area contributed by atoms with Crippen molar-refractivity contribution in [2.75, 3.05) is 5.32 Å². The number of aromatic hydroxyl groups is 1. The minimum Gasteiger partial charge on any atom is -0.508 e. The number of hydrogen-bond acceptors (Lipinski definition) is 3. The highest BCUT2D eigenvalue weighted by atomic mass is 16.3. The number of phenolic OH excluding ortho intramolecular Hbond substituents is 1. The van der Waals surface area contributed by atoms with Crippen LogP contribution in [0.1, 0.15) is 19.3 Å². The van der Waals surface area contributed by atoms with Gasteiger partial charge in [0.15, 0.2) is 0 Å². The smallest absolute Gasteiger partial charge is 0.134 e. The van der Waals surface area contributed by atoms with E-state index in [0.29, 0.717) is 6.04 Å². The molecule has 0 amide bonds. The largest absolute Gasteiger partial charge is 0.508 e. The van der Waals surface area contributed by atoms with Gasteiger partial charge in [0.25, 0.3) is 0 Å². The lowest BCUT2D eigenvalue weighted by atomic mass is 9.93. The normalized spacial score (nSPS) is 16.0. The van der Waals surface area contributed by atoms with Gasteiger partial charge in [-0.15, -0.1) is 0 Å². The van der Waals surface area contributed by atoms with E-state index in [1.807, 2.05) is 12.1 Å². The summed E-state index contributed by atoms with van der Waals surface area (Å²) >= 11 is 0. The van der Waals surface area contributed by atoms with Gasteiger partial charge >= 0.3 is 0 Å². The summed E-state index contributed by atoms with van der Waals surface area (Å²) < 4.78 is 0. The predicted octanol–water partition coefficient (Wildman–Crippen LogP) is 2.90. The van der Waals surface area contributed by atoms with Crippen molar-refractivity contribution in [2.24, 2.45) is 0 Å². The molecular weight excluding hydrogens is 200 g/mol. The number of benzene rings is 1. The fraction of sp³-hybridized carbons (Fsp3) is 0.308. The molecule has 2 N–H and O–H groups in total. The molecule has 0 spiro atoms. The summed E-state index contributed by atoms with van der Waals surface area (Å²) in [4.78, 5) is 4.35. The van der Waals surface area contributed by atoms with Crippen LogP contribution in [0.15, 0.2) is 30.5 Å². The Hall–Kier alpha value is -1.77. The molecule has 3 heteroatoms. The average molecular weight is 214 g/mol. The molecule has 82 valence electrons. The maximum absolute atomic E-state index is 9.50. The lowest BCUT2D eigenvalue weighted by Crippen LogP contribution is -2.27. The highest BCUT2D eigenvalue weighted by Gasteiger charge is 2.18. The quantitative estimate of drug-likeness (QED) is 0.808. The van der Waals surface area contributed by atoms with Crippen molar-refractivity contribution in [1.82, 2.24) is 4.98 Å². The van der Waals surface area contributed by atoms with Gasteiger partial charge in [0, 0.05) is 17.6 Å². The highest BCUT2D eigenvalue weighted by Crippen LogP contribution is 2.28. The lowest BCUT2D eigenvalue weighted by Gasteiger charge is -2.27. The third-order valence-corrected chi connectivity index (χ3v) is 3.20. The molecule has 1 aliphatic carbocycles. The van der Waals surface area contributed by atoms with Gasteiger partial charge in [0.2, 0.25) is 0 Å². The number of fused-ring (bicyclic) bond motifs is 1. The zero-order chi connectivity index (χ0) is 11.0. The van der Waals surface area contributed by atoms with Crippen LogP contribution in [0.25, 0.3) is 10.8 Å². The minimum absolute atomic E-state index is 0.289. The van der Waals surface area contributed by atoms with Gasteiger partial charge in [0.1, 0.15) is 11.6 Å². The maximum Gasteiger partial charge on any atom is 0.134 e. The van der Waals surface area contributed by atoms with E-state index < -0.39 is 0 Å². The number of hydrogen-bond donors (Lipinski definition) is 2. The van der Waals surface area contributed by atoms with Gasteiger partial charge in [0.05, 0.1) is 0 Å². The van der Waals surface area contributed by atoms with E-state index in [2.05, 4.69) is 10.3 Å². The molecule has 1 aromatic heterocycles. The number of anilines is 1. The van der Waals surface area contributed by atoms with Gasteiger partial charge < -0.3 is 10.4 Å². The van der Waals surface area contributed by atoms with E-state index in [0.717, 1.165) is 16.6 Å². The summed E-state index contributed by atoms with van der Waals surface area (Å²) in [6.07, 6.45) is 5.54. The zero-order valence-electron chi connectivity index (χ0n) is 8.98. The van der Waals surface area contributed by atoms with Crippen LogP contribution < -0.4 is 5.32 Å². The van der Waals surface area contributed by atoms with E-state index in [-0.39, 0.29) is 5.75 Å². The Morgan fingerprint density at radius 2 is 2.12 bits per heavy atom. The van der Waals surface area contributed by atoms with Gasteiger partial charge in [-0.25, -0.2) is 4.98 Å². The van der Waals surface area contributed by atoms with Crippen LogP contribution in [0.3, 0.4) is 0 Å². The number of nitrogens with one attached hydrogen (secondary N) is 1. The van der Waals surface area contributed by atoms with Crippen molar-refractivity contribution >= 4 is 16.6 Å². The number of pyridine rings is 1. The molecule has 0 radical (unpaired) electrons. The van der Waals surface area contributed by atoms with Crippen molar-refractivity contribution in [1.29, 1.82) is 0 Å². The molecule has 0 bridgehead atoms. The van der Waals surface area contributed by atoms with Crippen molar-refractivity contribution < 1.29 is 5.11 Å². The van der Waals surface area contributed by atoms with Gasteiger partial charge in [-0.1, -0.05) is 6.07 Å². The molecule has 1 heterocycles. The Morgan fingerprint density at radius 1 is 1.25 bits per heavy atom. The van der Waals surface area contributed by atoms with Crippen LogP contribution in [0.2, 0.25) is 0 Å². The Labute approximate surface area is 94.1 Å². The van der Waals surface area contributed by atoms with Crippen molar-refractivity contribution in [2.45, 2.75) is 25.3 Å². The zero-order valence-corrected chi connectivity index (χ0v) is 8.98. The second kappa shape index (κ2) is 3.67. The number of phenols is 1.